The predicted octanol–water partition coefficient (Wildman–Crippen LogP) is 1.76. The summed E-state index contributed by atoms with van der Waals surface area (Å²) < 4.78 is 4.70. The van der Waals surface area contributed by atoms with Crippen molar-refractivity contribution < 1.29 is 29.6 Å². The molecule has 11 heteroatoms. The lowest BCUT2D eigenvalue weighted by atomic mass is 10.1. The largest absolute Gasteiger partial charge is 0.506 e. The van der Waals surface area contributed by atoms with E-state index in [1.165, 1.54) is 19.4 Å². The fraction of sp³-hybridized carbons (Fsp3) is 0.133. The second-order valence-electron chi connectivity index (χ2n) is 5.14. The Kier molecular flexibility index (Phi) is 4.79. The van der Waals surface area contributed by atoms with Gasteiger partial charge in [-0.1, -0.05) is 5.16 Å². The summed E-state index contributed by atoms with van der Waals surface area (Å²) in [5.41, 5.74) is -1.57. The lowest BCUT2D eigenvalue weighted by molar-refractivity contribution is -0.386. The van der Waals surface area contributed by atoms with Crippen molar-refractivity contribution >= 4 is 23.2 Å². The molecule has 0 atom stereocenters. The van der Waals surface area contributed by atoms with Crippen LogP contribution in [0.3, 0.4) is 0 Å². The number of carbonyl (C=O) groups is 1. The van der Waals surface area contributed by atoms with Crippen LogP contribution in [0.25, 0.3) is 5.76 Å². The fourth-order valence-electron chi connectivity index (χ4n) is 2.10. The molecule has 0 bridgehead atoms. The Labute approximate surface area is 145 Å². The third-order valence-electron chi connectivity index (χ3n) is 3.45. The molecule has 3 N–H and O–H groups in total. The minimum atomic E-state index is -1.01. The second-order valence-corrected chi connectivity index (χ2v) is 5.14. The molecule has 2 aromatic rings. The van der Waals surface area contributed by atoms with Crippen LogP contribution in [-0.2, 0) is 4.79 Å². The number of phenolic OH excluding ortho intramolecular Hbond substituents is 2. The molecular weight excluding hydrogens is 348 g/mol. The number of phenols is 2. The number of hydrogen-bond acceptors (Lipinski definition) is 9. The van der Waals surface area contributed by atoms with Crippen LogP contribution in [-0.4, -0.2) is 38.4 Å². The second kappa shape index (κ2) is 6.81. The van der Waals surface area contributed by atoms with Crippen molar-refractivity contribution in [3.05, 3.63) is 45.2 Å². The highest BCUT2D eigenvalue weighted by atomic mass is 16.6. The molecule has 1 heterocycles. The number of aromatic hydroxyl groups is 2. The number of aromatic nitrogens is 1. The monoisotopic (exact) mass is 360 g/mol. The molecule has 0 aliphatic carbocycles. The molecule has 134 valence electrons. The molecule has 0 unspecified atom stereocenters. The van der Waals surface area contributed by atoms with E-state index in [0.29, 0.717) is 5.56 Å². The van der Waals surface area contributed by atoms with E-state index in [0.717, 1.165) is 17.0 Å². The van der Waals surface area contributed by atoms with Crippen molar-refractivity contribution in [2.75, 3.05) is 11.9 Å². The zero-order chi connectivity index (χ0) is 19.6. The van der Waals surface area contributed by atoms with Crippen molar-refractivity contribution in [2.45, 2.75) is 6.92 Å². The molecule has 0 radical (unpaired) electrons. The van der Waals surface area contributed by atoms with Gasteiger partial charge in [-0.3, -0.25) is 19.8 Å². The number of carbonyl (C=O) groups excluding carboxylic acids is 1. The molecule has 2 rings (SSSR count). The molecule has 1 amide bonds. The summed E-state index contributed by atoms with van der Waals surface area (Å²) in [6.45, 7) is 1.60. The van der Waals surface area contributed by atoms with Crippen molar-refractivity contribution in [2.24, 2.45) is 0 Å². The summed E-state index contributed by atoms with van der Waals surface area (Å²) in [6.07, 6.45) is 1.27. The first-order valence-electron chi connectivity index (χ1n) is 6.92. The number of anilines is 1. The number of nitriles is 1. The Morgan fingerprint density at radius 3 is 2.58 bits per heavy atom. The number of nitro groups is 1. The smallest absolute Gasteiger partial charge is 0.315 e. The number of benzene rings is 1. The van der Waals surface area contributed by atoms with Crippen LogP contribution in [0.2, 0.25) is 0 Å². The Hall–Kier alpha value is -4.07. The maximum atomic E-state index is 12.5. The summed E-state index contributed by atoms with van der Waals surface area (Å²) in [7, 11) is 1.29. The summed E-state index contributed by atoms with van der Waals surface area (Å²) >= 11 is 0. The number of likely N-dealkylation sites (N-methyl/N-ethyl adjacent to an activating group) is 1. The van der Waals surface area contributed by atoms with Crippen molar-refractivity contribution in [1.82, 2.24) is 5.16 Å². The number of rotatable bonds is 4. The molecule has 11 nitrogen and oxygen atoms in total. The quantitative estimate of drug-likeness (QED) is 0.183. The number of nitrogens with zero attached hydrogens (tertiary/aromatic N) is 4. The van der Waals surface area contributed by atoms with Crippen molar-refractivity contribution in [3.8, 4) is 17.6 Å². The Balaban J connectivity index is 2.56. The van der Waals surface area contributed by atoms with Gasteiger partial charge in [0.15, 0.2) is 17.1 Å². The van der Waals surface area contributed by atoms with Gasteiger partial charge in [-0.25, -0.2) is 0 Å². The topological polar surface area (TPSA) is 174 Å². The Bertz CT molecular complexity index is 971. The summed E-state index contributed by atoms with van der Waals surface area (Å²) in [5, 5.41) is 53.0. The molecule has 0 saturated carbocycles. The third-order valence-corrected chi connectivity index (χ3v) is 3.45. The van der Waals surface area contributed by atoms with Gasteiger partial charge in [-0.05, 0) is 13.0 Å². The van der Waals surface area contributed by atoms with E-state index in [-0.39, 0.29) is 5.82 Å². The first-order chi connectivity index (χ1) is 12.2. The average Bonchev–Trinajstić information content (AvgIpc) is 3.02. The standard InChI is InChI=1S/C15H12N4O7/c1-7-6-26-17-14(7)18(2)15(23)9(5-16)12(21)8-3-10(19(24)25)13(22)11(20)4-8/h3-4,6,20-22H,1-2H3/b12-9-. The molecule has 0 saturated heterocycles. The Morgan fingerprint density at radius 2 is 2.08 bits per heavy atom. The van der Waals surface area contributed by atoms with Crippen LogP contribution in [0.5, 0.6) is 11.5 Å². The molecule has 1 aromatic heterocycles. The van der Waals surface area contributed by atoms with Gasteiger partial charge in [0.1, 0.15) is 18.1 Å². The first-order valence-corrected chi connectivity index (χ1v) is 6.92. The van der Waals surface area contributed by atoms with E-state index in [2.05, 4.69) is 5.16 Å². The van der Waals surface area contributed by atoms with Crippen molar-refractivity contribution in [1.29, 1.82) is 5.26 Å². The molecule has 26 heavy (non-hydrogen) atoms. The first kappa shape index (κ1) is 18.3. The van der Waals surface area contributed by atoms with E-state index in [1.807, 2.05) is 0 Å². The molecule has 0 fully saturated rings. The van der Waals surface area contributed by atoms with Crippen LogP contribution in [0.4, 0.5) is 11.5 Å². The summed E-state index contributed by atoms with van der Waals surface area (Å²) in [5.74, 6) is -3.67. The zero-order valence-electron chi connectivity index (χ0n) is 13.5. The SMILES string of the molecule is Cc1conc1N(C)C(=O)/C(C#N)=C(\O)c1cc(O)c(O)c([N+](=O)[O-])c1. The number of nitro benzene ring substituents is 1. The van der Waals surface area contributed by atoms with Crippen LogP contribution < -0.4 is 4.90 Å². The number of hydrogen-bond donors (Lipinski definition) is 3. The highest BCUT2D eigenvalue weighted by molar-refractivity contribution is 6.12. The normalized spacial score (nSPS) is 11.4. The molecular formula is C15H12N4O7. The lowest BCUT2D eigenvalue weighted by Gasteiger charge is -2.15. The number of aliphatic hydroxyl groups excluding tert-OH is 1. The molecule has 0 aliphatic rings. The van der Waals surface area contributed by atoms with Crippen LogP contribution in [0.1, 0.15) is 11.1 Å². The van der Waals surface area contributed by atoms with Gasteiger partial charge in [0.2, 0.25) is 5.75 Å². The summed E-state index contributed by atoms with van der Waals surface area (Å²) in [6, 6.07) is 3.01. The van der Waals surface area contributed by atoms with Gasteiger partial charge >= 0.3 is 5.69 Å². The highest BCUT2D eigenvalue weighted by Crippen LogP contribution is 2.38. The molecule has 1 aromatic carbocycles. The van der Waals surface area contributed by atoms with Crippen LogP contribution in [0, 0.1) is 28.4 Å². The Morgan fingerprint density at radius 1 is 1.42 bits per heavy atom. The van der Waals surface area contributed by atoms with E-state index in [4.69, 9.17) is 4.52 Å². The van der Waals surface area contributed by atoms with Crippen molar-refractivity contribution in [3.63, 3.8) is 0 Å². The van der Waals surface area contributed by atoms with Crippen LogP contribution in [0.15, 0.2) is 28.5 Å². The van der Waals surface area contributed by atoms with Gasteiger partial charge in [-0.2, -0.15) is 5.26 Å². The van der Waals surface area contributed by atoms with Gasteiger partial charge in [0.05, 0.1) is 4.92 Å². The van der Waals surface area contributed by atoms with Gasteiger partial charge in [0, 0.05) is 24.2 Å². The number of aliphatic hydroxyl groups is 1. The van der Waals surface area contributed by atoms with E-state index in [1.54, 1.807) is 6.92 Å². The highest BCUT2D eigenvalue weighted by Gasteiger charge is 2.27. The zero-order valence-corrected chi connectivity index (χ0v) is 13.5. The number of aryl methyl sites for hydroxylation is 1. The fourth-order valence-corrected chi connectivity index (χ4v) is 2.10. The van der Waals surface area contributed by atoms with Gasteiger partial charge in [0.25, 0.3) is 5.91 Å². The minimum absolute atomic E-state index is 0.107. The van der Waals surface area contributed by atoms with Crippen LogP contribution >= 0.6 is 0 Å². The molecule has 0 spiro atoms. The van der Waals surface area contributed by atoms with Gasteiger partial charge < -0.3 is 19.8 Å². The average molecular weight is 360 g/mol. The van der Waals surface area contributed by atoms with E-state index < -0.39 is 44.9 Å². The predicted molar refractivity (Wildman–Crippen MR) is 86.2 cm³/mol. The van der Waals surface area contributed by atoms with Gasteiger partial charge in [-0.15, -0.1) is 0 Å². The maximum Gasteiger partial charge on any atom is 0.315 e. The lowest BCUT2D eigenvalue weighted by Crippen LogP contribution is -2.29. The van der Waals surface area contributed by atoms with E-state index >= 15 is 0 Å². The number of amides is 1. The summed E-state index contributed by atoms with van der Waals surface area (Å²) in [4.78, 5) is 23.3. The molecule has 0 aliphatic heterocycles. The third kappa shape index (κ3) is 3.11. The maximum absolute atomic E-state index is 12.5. The van der Waals surface area contributed by atoms with E-state index in [9.17, 15) is 35.5 Å². The minimum Gasteiger partial charge on any atom is -0.506 e.